The van der Waals surface area contributed by atoms with E-state index in [-0.39, 0.29) is 5.91 Å². The van der Waals surface area contributed by atoms with Crippen molar-refractivity contribution in [2.24, 2.45) is 0 Å². The van der Waals surface area contributed by atoms with Crippen LogP contribution in [0.15, 0.2) is 54.9 Å². The summed E-state index contributed by atoms with van der Waals surface area (Å²) in [5, 5.41) is 6.16. The Balaban J connectivity index is 1.47. The number of nitrogens with zero attached hydrogens (tertiary/aromatic N) is 2. The minimum absolute atomic E-state index is 0.0160. The number of anilines is 3. The zero-order valence-corrected chi connectivity index (χ0v) is 14.4. The molecule has 1 unspecified atom stereocenters. The van der Waals surface area contributed by atoms with Gasteiger partial charge >= 0.3 is 0 Å². The first kappa shape index (κ1) is 15.7. The Hall–Kier alpha value is -3.54. The zero-order valence-electron chi connectivity index (χ0n) is 14.4. The van der Waals surface area contributed by atoms with Crippen molar-refractivity contribution in [2.45, 2.75) is 18.3 Å². The lowest BCUT2D eigenvalue weighted by atomic mass is 9.79. The summed E-state index contributed by atoms with van der Waals surface area (Å²) in [4.78, 5) is 32.2. The first-order chi connectivity index (χ1) is 13.2. The van der Waals surface area contributed by atoms with Crippen LogP contribution < -0.4 is 10.6 Å². The number of aromatic nitrogens is 2. The summed E-state index contributed by atoms with van der Waals surface area (Å²) in [6, 6.07) is 13.3. The molecule has 132 valence electrons. The van der Waals surface area contributed by atoms with Crippen LogP contribution in [0.2, 0.25) is 0 Å². The van der Waals surface area contributed by atoms with Crippen LogP contribution in [0.5, 0.6) is 0 Å². The fraction of sp³-hybridized carbons (Fsp3) is 0.143. The second-order valence-electron chi connectivity index (χ2n) is 6.99. The van der Waals surface area contributed by atoms with Gasteiger partial charge in [-0.1, -0.05) is 12.1 Å². The molecule has 0 radical (unpaired) electrons. The summed E-state index contributed by atoms with van der Waals surface area (Å²) in [6.45, 7) is 0. The molecule has 0 bridgehead atoms. The summed E-state index contributed by atoms with van der Waals surface area (Å²) >= 11 is 0. The van der Waals surface area contributed by atoms with Crippen molar-refractivity contribution >= 4 is 29.5 Å². The number of fused-ring (bicyclic) bond motifs is 3. The van der Waals surface area contributed by atoms with E-state index in [1.165, 1.54) is 5.56 Å². The molecular formula is C21H16N4O2. The highest BCUT2D eigenvalue weighted by molar-refractivity contribution is 6.06. The third kappa shape index (κ3) is 2.41. The molecule has 1 aromatic carbocycles. The molecule has 0 saturated carbocycles. The van der Waals surface area contributed by atoms with E-state index in [1.54, 1.807) is 24.5 Å². The first-order valence-corrected chi connectivity index (χ1v) is 8.75. The minimum atomic E-state index is -0.569. The third-order valence-corrected chi connectivity index (χ3v) is 5.37. The number of benzene rings is 1. The van der Waals surface area contributed by atoms with E-state index in [2.05, 4.69) is 32.7 Å². The topological polar surface area (TPSA) is 84.0 Å². The average molecular weight is 356 g/mol. The number of nitrogens with one attached hydrogen (secondary N) is 2. The van der Waals surface area contributed by atoms with Gasteiger partial charge in [0.1, 0.15) is 17.9 Å². The highest BCUT2D eigenvalue weighted by Gasteiger charge is 2.50. The van der Waals surface area contributed by atoms with Gasteiger partial charge in [-0.05, 0) is 54.3 Å². The van der Waals surface area contributed by atoms with E-state index in [4.69, 9.17) is 0 Å². The van der Waals surface area contributed by atoms with Crippen LogP contribution in [0, 0.1) is 0 Å². The van der Waals surface area contributed by atoms with E-state index in [0.29, 0.717) is 30.0 Å². The van der Waals surface area contributed by atoms with Crippen LogP contribution in [0.4, 0.5) is 17.3 Å². The molecule has 2 aromatic heterocycles. The SMILES string of the molecule is O=Cc1ccnc(Nc2ccc3c(c2)CC2(C3)C(=O)Nc3ncccc32)c1. The molecule has 3 aromatic rings. The fourth-order valence-electron chi connectivity index (χ4n) is 4.08. The second kappa shape index (κ2) is 5.74. The number of hydrogen-bond donors (Lipinski definition) is 2. The van der Waals surface area contributed by atoms with Crippen molar-refractivity contribution in [3.63, 3.8) is 0 Å². The molecule has 1 aliphatic carbocycles. The Morgan fingerprint density at radius 1 is 1.04 bits per heavy atom. The molecule has 5 rings (SSSR count). The van der Waals surface area contributed by atoms with Gasteiger partial charge in [0.25, 0.3) is 0 Å². The second-order valence-corrected chi connectivity index (χ2v) is 6.99. The van der Waals surface area contributed by atoms with Crippen molar-refractivity contribution in [1.82, 2.24) is 9.97 Å². The molecule has 0 fully saturated rings. The smallest absolute Gasteiger partial charge is 0.237 e. The molecule has 6 nitrogen and oxygen atoms in total. The minimum Gasteiger partial charge on any atom is -0.340 e. The maximum atomic E-state index is 12.8. The van der Waals surface area contributed by atoms with Crippen LogP contribution in [0.3, 0.4) is 0 Å². The van der Waals surface area contributed by atoms with E-state index in [9.17, 15) is 9.59 Å². The Bertz CT molecular complexity index is 1100. The summed E-state index contributed by atoms with van der Waals surface area (Å²) in [5.74, 6) is 1.30. The van der Waals surface area contributed by atoms with Gasteiger partial charge in [-0.3, -0.25) is 9.59 Å². The quantitative estimate of drug-likeness (QED) is 0.705. The Morgan fingerprint density at radius 3 is 2.81 bits per heavy atom. The highest BCUT2D eigenvalue weighted by atomic mass is 16.2. The van der Waals surface area contributed by atoms with Crippen LogP contribution in [0.1, 0.15) is 27.0 Å². The number of aldehydes is 1. The summed E-state index contributed by atoms with van der Waals surface area (Å²) in [7, 11) is 0. The predicted molar refractivity (Wildman–Crippen MR) is 101 cm³/mol. The molecule has 2 aliphatic rings. The molecule has 1 atom stereocenters. The van der Waals surface area contributed by atoms with E-state index < -0.39 is 5.41 Å². The van der Waals surface area contributed by atoms with Crippen LogP contribution in [-0.4, -0.2) is 22.2 Å². The maximum absolute atomic E-state index is 12.8. The standard InChI is InChI=1S/C21H16N4O2/c26-12-13-5-7-22-18(8-13)24-16-4-3-14-10-21(11-15(14)9-16)17-2-1-6-23-19(17)25-20(21)27/h1-9,12H,10-11H2,(H,22,24)(H,23,25,27). The molecule has 0 saturated heterocycles. The van der Waals surface area contributed by atoms with Crippen LogP contribution >= 0.6 is 0 Å². The predicted octanol–water partition coefficient (Wildman–Crippen LogP) is 3.02. The van der Waals surface area contributed by atoms with E-state index in [0.717, 1.165) is 23.1 Å². The normalized spacial score (nSPS) is 19.5. The largest absolute Gasteiger partial charge is 0.340 e. The van der Waals surface area contributed by atoms with Crippen molar-refractivity contribution in [1.29, 1.82) is 0 Å². The van der Waals surface area contributed by atoms with Crippen LogP contribution in [0.25, 0.3) is 0 Å². The fourth-order valence-corrected chi connectivity index (χ4v) is 4.08. The zero-order chi connectivity index (χ0) is 18.4. The lowest BCUT2D eigenvalue weighted by Crippen LogP contribution is -2.35. The van der Waals surface area contributed by atoms with Crippen molar-refractivity contribution in [2.75, 3.05) is 10.6 Å². The molecule has 1 spiro atoms. The Kier molecular flexibility index (Phi) is 3.33. The average Bonchev–Trinajstić information content (AvgIpc) is 3.20. The molecular weight excluding hydrogens is 340 g/mol. The molecule has 6 heteroatoms. The van der Waals surface area contributed by atoms with Crippen molar-refractivity contribution in [3.05, 3.63) is 77.1 Å². The van der Waals surface area contributed by atoms with Crippen LogP contribution in [-0.2, 0) is 23.1 Å². The molecule has 1 aliphatic heterocycles. The molecule has 1 amide bonds. The first-order valence-electron chi connectivity index (χ1n) is 8.75. The number of hydrogen-bond acceptors (Lipinski definition) is 5. The lowest BCUT2D eigenvalue weighted by molar-refractivity contribution is -0.120. The number of amides is 1. The van der Waals surface area contributed by atoms with Gasteiger partial charge in [0.05, 0.1) is 5.41 Å². The van der Waals surface area contributed by atoms with E-state index in [1.807, 2.05) is 18.2 Å². The molecule has 3 heterocycles. The third-order valence-electron chi connectivity index (χ3n) is 5.37. The van der Waals surface area contributed by atoms with Crippen molar-refractivity contribution in [3.8, 4) is 0 Å². The summed E-state index contributed by atoms with van der Waals surface area (Å²) < 4.78 is 0. The monoisotopic (exact) mass is 356 g/mol. The number of pyridine rings is 2. The van der Waals surface area contributed by atoms with Gasteiger partial charge in [-0.25, -0.2) is 9.97 Å². The van der Waals surface area contributed by atoms with Gasteiger partial charge in [-0.15, -0.1) is 0 Å². The number of carbonyl (C=O) groups excluding carboxylic acids is 2. The van der Waals surface area contributed by atoms with Gasteiger partial charge in [0, 0.05) is 29.2 Å². The molecule has 27 heavy (non-hydrogen) atoms. The van der Waals surface area contributed by atoms with Gasteiger partial charge in [0.2, 0.25) is 5.91 Å². The van der Waals surface area contributed by atoms with Gasteiger partial charge in [-0.2, -0.15) is 0 Å². The van der Waals surface area contributed by atoms with Gasteiger partial charge in [0.15, 0.2) is 0 Å². The number of carbonyl (C=O) groups is 2. The maximum Gasteiger partial charge on any atom is 0.237 e. The Morgan fingerprint density at radius 2 is 1.93 bits per heavy atom. The molecule has 2 N–H and O–H groups in total. The summed E-state index contributed by atoms with van der Waals surface area (Å²) in [6.07, 6.45) is 5.41. The van der Waals surface area contributed by atoms with E-state index >= 15 is 0 Å². The summed E-state index contributed by atoms with van der Waals surface area (Å²) in [5.41, 5.74) is 4.16. The highest BCUT2D eigenvalue weighted by Crippen LogP contribution is 2.47. The Labute approximate surface area is 155 Å². The lowest BCUT2D eigenvalue weighted by Gasteiger charge is -2.20. The van der Waals surface area contributed by atoms with Crippen molar-refractivity contribution < 1.29 is 9.59 Å². The number of rotatable bonds is 3. The van der Waals surface area contributed by atoms with Gasteiger partial charge < -0.3 is 10.6 Å².